The molecule has 194 valence electrons. The van der Waals surface area contributed by atoms with Crippen LogP contribution in [0.2, 0.25) is 0 Å². The SMILES string of the molecule is CNS(=O)(=O)c1cn(CC2CC2)c2c(-c3ccc(C4CC4)nc3)c(=O)n(-c3ccc4nn(C)cc4c3)nc12. The molecule has 0 atom stereocenters. The number of benzene rings is 1. The minimum atomic E-state index is -3.85. The highest BCUT2D eigenvalue weighted by Gasteiger charge is 2.30. The molecule has 10 nitrogen and oxygen atoms in total. The number of pyridine rings is 1. The van der Waals surface area contributed by atoms with Crippen LogP contribution in [-0.2, 0) is 23.6 Å². The van der Waals surface area contributed by atoms with Gasteiger partial charge in [0.1, 0.15) is 10.4 Å². The van der Waals surface area contributed by atoms with Gasteiger partial charge in [-0.1, -0.05) is 6.07 Å². The van der Waals surface area contributed by atoms with E-state index in [0.29, 0.717) is 40.7 Å². The molecule has 38 heavy (non-hydrogen) atoms. The minimum absolute atomic E-state index is 0.0515. The Morgan fingerprint density at radius 2 is 1.87 bits per heavy atom. The van der Waals surface area contributed by atoms with E-state index in [1.807, 2.05) is 42.1 Å². The van der Waals surface area contributed by atoms with E-state index in [4.69, 9.17) is 0 Å². The molecule has 0 radical (unpaired) electrons. The molecule has 11 heteroatoms. The predicted octanol–water partition coefficient (Wildman–Crippen LogP) is 3.33. The minimum Gasteiger partial charge on any atom is -0.344 e. The van der Waals surface area contributed by atoms with Crippen LogP contribution in [0, 0.1) is 5.92 Å². The lowest BCUT2D eigenvalue weighted by Gasteiger charge is -2.13. The summed E-state index contributed by atoms with van der Waals surface area (Å²) >= 11 is 0. The molecule has 0 unspecified atom stereocenters. The van der Waals surface area contributed by atoms with E-state index in [-0.39, 0.29) is 16.0 Å². The number of hydrogen-bond acceptors (Lipinski definition) is 6. The third-order valence-corrected chi connectivity index (χ3v) is 8.90. The monoisotopic (exact) mass is 529 g/mol. The summed E-state index contributed by atoms with van der Waals surface area (Å²) in [5, 5.41) is 9.95. The molecule has 0 amide bonds. The lowest BCUT2D eigenvalue weighted by Crippen LogP contribution is -2.25. The number of nitrogens with zero attached hydrogens (tertiary/aromatic N) is 6. The van der Waals surface area contributed by atoms with Gasteiger partial charge in [0.2, 0.25) is 10.0 Å². The van der Waals surface area contributed by atoms with Crippen molar-refractivity contribution in [1.29, 1.82) is 0 Å². The van der Waals surface area contributed by atoms with Gasteiger partial charge < -0.3 is 4.57 Å². The smallest absolute Gasteiger partial charge is 0.281 e. The largest absolute Gasteiger partial charge is 0.344 e. The maximum absolute atomic E-state index is 14.2. The van der Waals surface area contributed by atoms with Gasteiger partial charge in [0.05, 0.1) is 22.3 Å². The fourth-order valence-electron chi connectivity index (χ4n) is 5.14. The Labute approximate surface area is 219 Å². The number of nitrogens with one attached hydrogen (secondary N) is 1. The maximum Gasteiger partial charge on any atom is 0.281 e. The van der Waals surface area contributed by atoms with Crippen LogP contribution in [0.3, 0.4) is 0 Å². The molecule has 2 fully saturated rings. The van der Waals surface area contributed by atoms with Gasteiger partial charge in [-0.3, -0.25) is 14.5 Å². The summed E-state index contributed by atoms with van der Waals surface area (Å²) in [5.74, 6) is 0.935. The topological polar surface area (TPSA) is 117 Å². The van der Waals surface area contributed by atoms with Crippen LogP contribution < -0.4 is 10.3 Å². The molecule has 0 aliphatic heterocycles. The Morgan fingerprint density at radius 3 is 2.55 bits per heavy atom. The first kappa shape index (κ1) is 23.3. The predicted molar refractivity (Wildman–Crippen MR) is 144 cm³/mol. The Hall–Kier alpha value is -3.83. The van der Waals surface area contributed by atoms with E-state index in [1.54, 1.807) is 23.1 Å². The summed E-state index contributed by atoms with van der Waals surface area (Å²) in [5.41, 5.74) is 3.84. The van der Waals surface area contributed by atoms with E-state index in [9.17, 15) is 13.2 Å². The molecule has 0 spiro atoms. The zero-order chi connectivity index (χ0) is 26.2. The second-order valence-electron chi connectivity index (χ2n) is 10.4. The lowest BCUT2D eigenvalue weighted by atomic mass is 10.1. The Bertz CT molecular complexity index is 1890. The number of rotatable bonds is 7. The van der Waals surface area contributed by atoms with Crippen LogP contribution in [0.5, 0.6) is 0 Å². The van der Waals surface area contributed by atoms with E-state index in [1.165, 1.54) is 11.7 Å². The van der Waals surface area contributed by atoms with E-state index in [0.717, 1.165) is 42.3 Å². The zero-order valence-corrected chi connectivity index (χ0v) is 21.9. The van der Waals surface area contributed by atoms with Gasteiger partial charge >= 0.3 is 0 Å². The average Bonchev–Trinajstić information content (AvgIpc) is 3.83. The molecule has 2 aliphatic carbocycles. The fourth-order valence-corrected chi connectivity index (χ4v) is 6.02. The van der Waals surface area contributed by atoms with Crippen LogP contribution in [0.1, 0.15) is 37.3 Å². The molecule has 1 aromatic carbocycles. The molecule has 7 rings (SSSR count). The molecular weight excluding hydrogens is 502 g/mol. The van der Waals surface area contributed by atoms with Gasteiger partial charge in [-0.25, -0.2) is 13.1 Å². The van der Waals surface area contributed by atoms with Gasteiger partial charge in [-0.05, 0) is 62.9 Å². The van der Waals surface area contributed by atoms with Gasteiger partial charge in [-0.15, -0.1) is 0 Å². The first-order chi connectivity index (χ1) is 18.3. The number of fused-ring (bicyclic) bond motifs is 2. The third kappa shape index (κ3) is 3.84. The van der Waals surface area contributed by atoms with Crippen molar-refractivity contribution >= 4 is 32.0 Å². The summed E-state index contributed by atoms with van der Waals surface area (Å²) in [4.78, 5) is 18.9. The Kier molecular flexibility index (Phi) is 5.11. The summed E-state index contributed by atoms with van der Waals surface area (Å²) < 4.78 is 33.6. The van der Waals surface area contributed by atoms with Crippen molar-refractivity contribution in [3.05, 3.63) is 65.0 Å². The lowest BCUT2D eigenvalue weighted by molar-refractivity contribution is 0.587. The van der Waals surface area contributed by atoms with Crippen LogP contribution in [-0.4, -0.2) is 44.6 Å². The van der Waals surface area contributed by atoms with Crippen molar-refractivity contribution < 1.29 is 8.42 Å². The molecule has 2 aliphatic rings. The summed E-state index contributed by atoms with van der Waals surface area (Å²) in [6, 6.07) is 9.35. The molecule has 0 bridgehead atoms. The summed E-state index contributed by atoms with van der Waals surface area (Å²) in [7, 11) is -0.629. The fraction of sp³-hybridized carbons (Fsp3) is 0.333. The van der Waals surface area contributed by atoms with Gasteiger partial charge in [0.15, 0.2) is 0 Å². The normalized spacial score (nSPS) is 16.1. The van der Waals surface area contributed by atoms with E-state index in [2.05, 4.69) is 19.9 Å². The van der Waals surface area contributed by atoms with Crippen molar-refractivity contribution in [2.75, 3.05) is 7.05 Å². The summed E-state index contributed by atoms with van der Waals surface area (Å²) in [6.07, 6.45) is 9.64. The molecule has 4 aromatic heterocycles. The van der Waals surface area contributed by atoms with E-state index < -0.39 is 10.0 Å². The van der Waals surface area contributed by atoms with Crippen LogP contribution in [0.4, 0.5) is 0 Å². The third-order valence-electron chi connectivity index (χ3n) is 7.49. The quantitative estimate of drug-likeness (QED) is 0.346. The number of aryl methyl sites for hydroxylation is 1. The molecule has 5 aromatic rings. The highest BCUT2D eigenvalue weighted by molar-refractivity contribution is 7.89. The number of aromatic nitrogens is 6. The molecule has 4 heterocycles. The standard InChI is InChI=1S/C27H27N7O3S/c1-28-38(36,37)23-15-33(13-16-3-4-16)26-24(18-7-9-21(29-12-18)17-5-6-17)27(35)34(31-25(23)26)20-8-10-22-19(11-20)14-32(2)30-22/h7-12,14-17,28H,3-6,13H2,1-2H3. The number of sulfonamides is 1. The van der Waals surface area contributed by atoms with Crippen molar-refractivity contribution in [1.82, 2.24) is 33.8 Å². The maximum atomic E-state index is 14.2. The van der Waals surface area contributed by atoms with Crippen molar-refractivity contribution in [2.24, 2.45) is 13.0 Å². The van der Waals surface area contributed by atoms with Crippen LogP contribution >= 0.6 is 0 Å². The number of hydrogen-bond donors (Lipinski definition) is 1. The average molecular weight is 530 g/mol. The van der Waals surface area contributed by atoms with E-state index >= 15 is 0 Å². The Morgan fingerprint density at radius 1 is 1.05 bits per heavy atom. The van der Waals surface area contributed by atoms with Crippen molar-refractivity contribution in [3.63, 3.8) is 0 Å². The molecule has 2 saturated carbocycles. The van der Waals surface area contributed by atoms with Crippen LogP contribution in [0.15, 0.2) is 58.6 Å². The zero-order valence-electron chi connectivity index (χ0n) is 21.1. The first-order valence-corrected chi connectivity index (χ1v) is 14.3. The first-order valence-electron chi connectivity index (χ1n) is 12.8. The van der Waals surface area contributed by atoms with Crippen LogP contribution in [0.25, 0.3) is 38.8 Å². The second kappa shape index (κ2) is 8.34. The highest BCUT2D eigenvalue weighted by Crippen LogP contribution is 2.40. The summed E-state index contributed by atoms with van der Waals surface area (Å²) in [6.45, 7) is 0.628. The van der Waals surface area contributed by atoms with Gasteiger partial charge in [-0.2, -0.15) is 14.9 Å². The molecule has 0 saturated heterocycles. The van der Waals surface area contributed by atoms with Crippen molar-refractivity contribution in [3.8, 4) is 16.8 Å². The van der Waals surface area contributed by atoms with Gasteiger partial charge in [0, 0.05) is 54.7 Å². The van der Waals surface area contributed by atoms with Crippen molar-refractivity contribution in [2.45, 2.75) is 43.0 Å². The molecular formula is C27H27N7O3S. The Balaban J connectivity index is 1.54. The molecule has 1 N–H and O–H groups in total. The van der Waals surface area contributed by atoms with Gasteiger partial charge in [0.25, 0.3) is 5.56 Å². The second-order valence-corrected chi connectivity index (χ2v) is 12.2. The highest BCUT2D eigenvalue weighted by atomic mass is 32.2.